The summed E-state index contributed by atoms with van der Waals surface area (Å²) in [6.45, 7) is 15.4. The molecule has 1 atom stereocenters. The maximum atomic E-state index is 13.0. The van der Waals surface area contributed by atoms with Gasteiger partial charge < -0.3 is 9.53 Å². The second-order valence-electron chi connectivity index (χ2n) is 14.2. The maximum Gasteiger partial charge on any atom is 0.193 e. The highest BCUT2D eigenvalue weighted by molar-refractivity contribution is 6.75. The molecule has 0 fully saturated rings. The van der Waals surface area contributed by atoms with Crippen molar-refractivity contribution in [2.24, 2.45) is 5.92 Å². The van der Waals surface area contributed by atoms with Gasteiger partial charge in [0, 0.05) is 7.11 Å². The molecule has 46 heavy (non-hydrogen) atoms. The average molecular weight is 661 g/mol. The molecule has 264 valence electrons. The van der Waals surface area contributed by atoms with Crippen molar-refractivity contribution < 1.29 is 18.3 Å². The SMILES string of the molecule is CC(C)[Si](O)(CCCCc1ccc(F)cc1)C(C)C.CCCCCCCCC(CCCCc1ccc(F)cc1)C(CC)(CC)OC. The lowest BCUT2D eigenvalue weighted by molar-refractivity contribution is -0.0711. The van der Waals surface area contributed by atoms with Gasteiger partial charge in [-0.05, 0) is 110 Å². The molecular weight excluding hydrogens is 591 g/mol. The van der Waals surface area contributed by atoms with E-state index in [-0.39, 0.29) is 17.2 Å². The van der Waals surface area contributed by atoms with Crippen LogP contribution in [0.5, 0.6) is 0 Å². The second kappa shape index (κ2) is 23.7. The molecule has 0 heterocycles. The third-order valence-corrected chi connectivity index (χ3v) is 15.8. The highest BCUT2D eigenvalue weighted by atomic mass is 28.4. The van der Waals surface area contributed by atoms with Gasteiger partial charge in [0.15, 0.2) is 8.32 Å². The number of ether oxygens (including phenoxy) is 1. The quantitative estimate of drug-likeness (QED) is 0.0949. The topological polar surface area (TPSA) is 29.5 Å². The van der Waals surface area contributed by atoms with Crippen LogP contribution in [0.15, 0.2) is 48.5 Å². The Hall–Kier alpha value is -1.56. The molecule has 2 aromatic carbocycles. The van der Waals surface area contributed by atoms with E-state index in [2.05, 4.69) is 48.5 Å². The number of benzene rings is 2. The first-order chi connectivity index (χ1) is 22.0. The number of hydrogen-bond acceptors (Lipinski definition) is 2. The summed E-state index contributed by atoms with van der Waals surface area (Å²) in [4.78, 5) is 10.8. The van der Waals surface area contributed by atoms with Crippen molar-refractivity contribution in [2.45, 2.75) is 174 Å². The molecule has 0 aromatic heterocycles. The molecule has 5 heteroatoms. The number of halogens is 2. The Labute approximate surface area is 284 Å². The smallest absolute Gasteiger partial charge is 0.193 e. The molecule has 2 nitrogen and oxygen atoms in total. The van der Waals surface area contributed by atoms with E-state index in [9.17, 15) is 13.6 Å². The highest BCUT2D eigenvalue weighted by Gasteiger charge is 2.37. The molecular formula is C41H70F2O2Si. The summed E-state index contributed by atoms with van der Waals surface area (Å²) in [5.41, 5.74) is 3.30. The lowest BCUT2D eigenvalue weighted by atomic mass is 9.76. The zero-order valence-corrected chi connectivity index (χ0v) is 32.0. The van der Waals surface area contributed by atoms with Gasteiger partial charge in [0.05, 0.1) is 5.60 Å². The van der Waals surface area contributed by atoms with Gasteiger partial charge in [0.2, 0.25) is 0 Å². The third kappa shape index (κ3) is 15.6. The normalized spacial score (nSPS) is 12.8. The molecule has 0 amide bonds. The Balaban J connectivity index is 0.000000489. The second-order valence-corrected chi connectivity index (χ2v) is 19.0. The van der Waals surface area contributed by atoms with E-state index >= 15 is 0 Å². The standard InChI is InChI=1S/C25H43FO.C16H27FOSi/c1-5-8-9-10-11-12-16-23(25(6-2,7-3)27-4)17-14-13-15-22-18-20-24(26)21-19-22;1-13(2)19(18,14(3)4)12-6-5-7-15-8-10-16(17)11-9-15/h18-21,23H,5-17H2,1-4H3;8-11,13-14,18H,5-7,12H2,1-4H3. The molecule has 1 N–H and O–H groups in total. The van der Waals surface area contributed by atoms with Crippen LogP contribution in [0, 0.1) is 17.6 Å². The minimum Gasteiger partial charge on any atom is -0.431 e. The van der Waals surface area contributed by atoms with Gasteiger partial charge in [-0.25, -0.2) is 8.78 Å². The Morgan fingerprint density at radius 3 is 1.46 bits per heavy atom. The van der Waals surface area contributed by atoms with Crippen molar-refractivity contribution in [3.63, 3.8) is 0 Å². The summed E-state index contributed by atoms with van der Waals surface area (Å²) in [6.07, 6.45) is 19.4. The predicted molar refractivity (Wildman–Crippen MR) is 198 cm³/mol. The van der Waals surface area contributed by atoms with Crippen molar-refractivity contribution >= 4 is 8.32 Å². The monoisotopic (exact) mass is 661 g/mol. The van der Waals surface area contributed by atoms with Crippen molar-refractivity contribution in [1.29, 1.82) is 0 Å². The molecule has 0 spiro atoms. The summed E-state index contributed by atoms with van der Waals surface area (Å²) in [5, 5.41) is 0. The minimum atomic E-state index is -2.11. The van der Waals surface area contributed by atoms with Crippen molar-refractivity contribution in [3.05, 3.63) is 71.3 Å². The van der Waals surface area contributed by atoms with Crippen LogP contribution in [-0.4, -0.2) is 25.8 Å². The van der Waals surface area contributed by atoms with Crippen LogP contribution in [0.1, 0.15) is 149 Å². The number of methoxy groups -OCH3 is 1. The minimum absolute atomic E-state index is 0.0410. The molecule has 0 aliphatic carbocycles. The Morgan fingerprint density at radius 2 is 1.04 bits per heavy atom. The zero-order chi connectivity index (χ0) is 34.4. The highest BCUT2D eigenvalue weighted by Crippen LogP contribution is 2.37. The van der Waals surface area contributed by atoms with Crippen LogP contribution in [0.2, 0.25) is 17.1 Å². The summed E-state index contributed by atoms with van der Waals surface area (Å²) < 4.78 is 31.9. The van der Waals surface area contributed by atoms with E-state index < -0.39 is 8.32 Å². The summed E-state index contributed by atoms with van der Waals surface area (Å²) in [6, 6.07) is 14.7. The predicted octanol–water partition coefficient (Wildman–Crippen LogP) is 13.0. The van der Waals surface area contributed by atoms with E-state index in [1.54, 1.807) is 12.1 Å². The fourth-order valence-electron chi connectivity index (χ4n) is 7.13. The lowest BCUT2D eigenvalue weighted by Gasteiger charge is -2.39. The van der Waals surface area contributed by atoms with Crippen molar-refractivity contribution in [1.82, 2.24) is 0 Å². The Kier molecular flexibility index (Phi) is 21.9. The van der Waals surface area contributed by atoms with Gasteiger partial charge >= 0.3 is 0 Å². The summed E-state index contributed by atoms with van der Waals surface area (Å²) in [5.74, 6) is 0.329. The Morgan fingerprint density at radius 1 is 0.630 bits per heavy atom. The van der Waals surface area contributed by atoms with Crippen molar-refractivity contribution in [3.8, 4) is 0 Å². The van der Waals surface area contributed by atoms with Gasteiger partial charge in [-0.2, -0.15) is 0 Å². The molecule has 0 saturated heterocycles. The number of unbranched alkanes of at least 4 members (excludes halogenated alkanes) is 7. The number of hydrogen-bond donors (Lipinski definition) is 1. The van der Waals surface area contributed by atoms with E-state index in [0.29, 0.717) is 17.0 Å². The fourth-order valence-corrected chi connectivity index (χ4v) is 10.4. The summed E-state index contributed by atoms with van der Waals surface area (Å²) >= 11 is 0. The average Bonchev–Trinajstić information content (AvgIpc) is 3.05. The van der Waals surface area contributed by atoms with Crippen LogP contribution in [-0.2, 0) is 17.6 Å². The molecule has 0 aliphatic rings. The molecule has 0 saturated carbocycles. The largest absolute Gasteiger partial charge is 0.431 e. The van der Waals surface area contributed by atoms with E-state index in [4.69, 9.17) is 4.74 Å². The van der Waals surface area contributed by atoms with Crippen LogP contribution >= 0.6 is 0 Å². The molecule has 0 bridgehead atoms. The Bertz CT molecular complexity index is 986. The van der Waals surface area contributed by atoms with E-state index in [1.165, 1.54) is 87.5 Å². The van der Waals surface area contributed by atoms with Gasteiger partial charge in [-0.15, -0.1) is 0 Å². The van der Waals surface area contributed by atoms with Crippen LogP contribution in [0.4, 0.5) is 8.78 Å². The van der Waals surface area contributed by atoms with E-state index in [0.717, 1.165) is 44.6 Å². The molecule has 2 aromatic rings. The number of rotatable bonds is 23. The molecule has 0 radical (unpaired) electrons. The first kappa shape index (κ1) is 42.5. The zero-order valence-electron chi connectivity index (χ0n) is 31.0. The van der Waals surface area contributed by atoms with Crippen LogP contribution in [0.3, 0.4) is 0 Å². The van der Waals surface area contributed by atoms with Gasteiger partial charge in [0.25, 0.3) is 0 Å². The maximum absolute atomic E-state index is 13.0. The molecule has 0 aliphatic heterocycles. The van der Waals surface area contributed by atoms with Crippen molar-refractivity contribution in [2.75, 3.05) is 7.11 Å². The van der Waals surface area contributed by atoms with Gasteiger partial charge in [0.1, 0.15) is 11.6 Å². The fraction of sp³-hybridized carbons (Fsp3) is 0.707. The van der Waals surface area contributed by atoms with Crippen LogP contribution < -0.4 is 0 Å². The third-order valence-electron chi connectivity index (χ3n) is 10.6. The first-order valence-corrected chi connectivity index (χ1v) is 21.0. The first-order valence-electron chi connectivity index (χ1n) is 18.7. The number of aryl methyl sites for hydroxylation is 2. The van der Waals surface area contributed by atoms with E-state index in [1.807, 2.05) is 31.4 Å². The molecule has 1 unspecified atom stereocenters. The van der Waals surface area contributed by atoms with Gasteiger partial charge in [-0.3, -0.25) is 0 Å². The lowest BCUT2D eigenvalue weighted by Crippen LogP contribution is -2.41. The van der Waals surface area contributed by atoms with Gasteiger partial charge in [-0.1, -0.05) is 124 Å². The molecule has 2 rings (SSSR count). The summed E-state index contributed by atoms with van der Waals surface area (Å²) in [7, 11) is -0.209. The van der Waals surface area contributed by atoms with Crippen LogP contribution in [0.25, 0.3) is 0 Å².